The lowest BCUT2D eigenvalue weighted by molar-refractivity contribution is 0.344. The summed E-state index contributed by atoms with van der Waals surface area (Å²) in [6.45, 7) is 5.90. The van der Waals surface area contributed by atoms with Gasteiger partial charge in [0.15, 0.2) is 0 Å². The Labute approximate surface area is 207 Å². The van der Waals surface area contributed by atoms with Gasteiger partial charge in [-0.3, -0.25) is 0 Å². The smallest absolute Gasteiger partial charge is 0.126 e. The lowest BCUT2D eigenvalue weighted by Crippen LogP contribution is -2.35. The van der Waals surface area contributed by atoms with Crippen molar-refractivity contribution in [2.75, 3.05) is 11.9 Å². The first-order valence-electron chi connectivity index (χ1n) is 12.4. The molecule has 0 aliphatic heterocycles. The molecule has 1 saturated carbocycles. The summed E-state index contributed by atoms with van der Waals surface area (Å²) in [4.78, 5) is 4.56. The molecule has 0 amide bonds. The van der Waals surface area contributed by atoms with Gasteiger partial charge in [-0.1, -0.05) is 55.8 Å². The molecule has 4 rings (SSSR count). The lowest BCUT2D eigenvalue weighted by atomic mass is 9.82. The number of benzene rings is 1. The molecular weight excluding hydrogens is 447 g/mol. The third-order valence-corrected chi connectivity index (χ3v) is 7.87. The maximum Gasteiger partial charge on any atom is 0.126 e. The second kappa shape index (κ2) is 11.5. The Bertz CT molecular complexity index is 1030. The third-order valence-electron chi connectivity index (χ3n) is 7.57. The number of nitrogens with zero attached hydrogens (tertiary/aromatic N) is 1. The lowest BCUT2D eigenvalue weighted by Gasteiger charge is -2.30. The van der Waals surface area contributed by atoms with Crippen LogP contribution < -0.4 is 16.4 Å². The van der Waals surface area contributed by atoms with Gasteiger partial charge in [0, 0.05) is 30.4 Å². The van der Waals surface area contributed by atoms with Crippen molar-refractivity contribution in [3.05, 3.63) is 76.7 Å². The standard InChI is InChI=1S/C28H36ClFN4/c1-18-19(2)27(32-16-21-5-3-6-22(30)13-21)8-4-7-24(18)25-14-28(33-17-26(25)29)34-23-11-9-20(15-31)10-12-23/h3-8,13-14,17-20,23,27,32H,9-12,15-16,31H2,1-2H3,(H,33,34). The van der Waals surface area contributed by atoms with Gasteiger partial charge in [0.05, 0.1) is 5.02 Å². The minimum absolute atomic E-state index is 0.169. The van der Waals surface area contributed by atoms with Crippen LogP contribution in [0.1, 0.15) is 50.7 Å². The van der Waals surface area contributed by atoms with Gasteiger partial charge < -0.3 is 16.4 Å². The molecular formula is C28H36ClFN4. The van der Waals surface area contributed by atoms with E-state index < -0.39 is 0 Å². The number of aromatic nitrogens is 1. The molecule has 0 spiro atoms. The number of allylic oxidation sites excluding steroid dienone is 3. The fourth-order valence-corrected chi connectivity index (χ4v) is 5.37. The van der Waals surface area contributed by atoms with Crippen LogP contribution in [0.2, 0.25) is 5.02 Å². The Hall–Kier alpha value is -2.21. The van der Waals surface area contributed by atoms with Crippen LogP contribution in [0.15, 0.2) is 54.8 Å². The average Bonchev–Trinajstić information content (AvgIpc) is 2.98. The van der Waals surface area contributed by atoms with Gasteiger partial charge in [-0.15, -0.1) is 0 Å². The summed E-state index contributed by atoms with van der Waals surface area (Å²) in [5, 5.41) is 7.89. The molecule has 0 saturated heterocycles. The fraction of sp³-hybridized carbons (Fsp3) is 0.464. The Morgan fingerprint density at radius 1 is 1.15 bits per heavy atom. The number of pyridine rings is 1. The van der Waals surface area contributed by atoms with Gasteiger partial charge >= 0.3 is 0 Å². The van der Waals surface area contributed by atoms with Crippen LogP contribution in [0, 0.1) is 23.6 Å². The Morgan fingerprint density at radius 2 is 1.94 bits per heavy atom. The van der Waals surface area contributed by atoms with Gasteiger partial charge in [-0.05, 0) is 79.3 Å². The van der Waals surface area contributed by atoms with Crippen molar-refractivity contribution >= 4 is 23.0 Å². The number of hydrogen-bond donors (Lipinski definition) is 3. The van der Waals surface area contributed by atoms with Gasteiger partial charge in [0.25, 0.3) is 0 Å². The molecule has 2 aliphatic carbocycles. The summed E-state index contributed by atoms with van der Waals surface area (Å²) in [5.74, 6) is 1.92. The van der Waals surface area contributed by atoms with Crippen LogP contribution >= 0.6 is 11.6 Å². The van der Waals surface area contributed by atoms with Crippen molar-refractivity contribution in [3.8, 4) is 0 Å². The molecule has 4 N–H and O–H groups in total. The third kappa shape index (κ3) is 6.07. The molecule has 3 atom stereocenters. The van der Waals surface area contributed by atoms with Crippen LogP contribution in [0.4, 0.5) is 10.2 Å². The van der Waals surface area contributed by atoms with Crippen molar-refractivity contribution in [2.45, 2.75) is 58.2 Å². The van der Waals surface area contributed by atoms with E-state index in [9.17, 15) is 4.39 Å². The fourth-order valence-electron chi connectivity index (χ4n) is 5.16. The normalized spacial score (nSPS) is 27.2. The van der Waals surface area contributed by atoms with Gasteiger partial charge in [0.2, 0.25) is 0 Å². The predicted molar refractivity (Wildman–Crippen MR) is 140 cm³/mol. The first-order chi connectivity index (χ1) is 16.4. The van der Waals surface area contributed by atoms with E-state index in [-0.39, 0.29) is 17.8 Å². The Kier molecular flexibility index (Phi) is 8.41. The maximum atomic E-state index is 13.5. The van der Waals surface area contributed by atoms with Gasteiger partial charge in [0.1, 0.15) is 11.6 Å². The molecule has 1 heterocycles. The Balaban J connectivity index is 1.44. The summed E-state index contributed by atoms with van der Waals surface area (Å²) < 4.78 is 13.5. The van der Waals surface area contributed by atoms with E-state index in [1.807, 2.05) is 6.07 Å². The molecule has 6 heteroatoms. The minimum atomic E-state index is -0.203. The van der Waals surface area contributed by atoms with Crippen molar-refractivity contribution < 1.29 is 4.39 Å². The highest BCUT2D eigenvalue weighted by Gasteiger charge is 2.27. The first kappa shape index (κ1) is 24.9. The molecule has 4 nitrogen and oxygen atoms in total. The van der Waals surface area contributed by atoms with Crippen LogP contribution in [0.25, 0.3) is 5.57 Å². The number of rotatable bonds is 7. The number of nitrogens with one attached hydrogen (secondary N) is 2. The van der Waals surface area contributed by atoms with Crippen LogP contribution in [0.5, 0.6) is 0 Å². The molecule has 0 bridgehead atoms. The second-order valence-corrected chi connectivity index (χ2v) is 10.2. The maximum absolute atomic E-state index is 13.5. The number of halogens is 2. The van der Waals surface area contributed by atoms with Crippen LogP contribution in [0.3, 0.4) is 0 Å². The molecule has 34 heavy (non-hydrogen) atoms. The van der Waals surface area contributed by atoms with Gasteiger partial charge in [-0.2, -0.15) is 0 Å². The Morgan fingerprint density at radius 3 is 2.68 bits per heavy atom. The van der Waals surface area contributed by atoms with Crippen LogP contribution in [-0.4, -0.2) is 23.6 Å². The van der Waals surface area contributed by atoms with Gasteiger partial charge in [-0.25, -0.2) is 9.37 Å². The van der Waals surface area contributed by atoms with Crippen molar-refractivity contribution in [1.82, 2.24) is 10.3 Å². The van der Waals surface area contributed by atoms with E-state index in [2.05, 4.69) is 53.8 Å². The summed E-state index contributed by atoms with van der Waals surface area (Å²) in [5.41, 5.74) is 9.03. The monoisotopic (exact) mass is 482 g/mol. The molecule has 182 valence electrons. The first-order valence-corrected chi connectivity index (χ1v) is 12.8. The summed E-state index contributed by atoms with van der Waals surface area (Å²) in [6, 6.07) is 9.45. The highest BCUT2D eigenvalue weighted by atomic mass is 35.5. The molecule has 1 fully saturated rings. The number of nitrogens with two attached hydrogens (primary N) is 1. The highest BCUT2D eigenvalue weighted by molar-refractivity contribution is 6.32. The van der Waals surface area contributed by atoms with E-state index in [0.29, 0.717) is 29.4 Å². The van der Waals surface area contributed by atoms with Crippen molar-refractivity contribution in [1.29, 1.82) is 0 Å². The molecule has 1 aromatic carbocycles. The quantitative estimate of drug-likeness (QED) is 0.440. The topological polar surface area (TPSA) is 63.0 Å². The number of hydrogen-bond acceptors (Lipinski definition) is 4. The van der Waals surface area contributed by atoms with Crippen LogP contribution in [-0.2, 0) is 6.54 Å². The summed E-state index contributed by atoms with van der Waals surface area (Å²) in [7, 11) is 0. The SMILES string of the molecule is CC1C(c2cc(NC3CCC(CN)CC3)ncc2Cl)=CC=CC(NCc2cccc(F)c2)C1C. The van der Waals surface area contributed by atoms with E-state index >= 15 is 0 Å². The second-order valence-electron chi connectivity index (χ2n) is 9.84. The zero-order chi connectivity index (χ0) is 24.1. The molecule has 2 aliphatic rings. The molecule has 1 aromatic heterocycles. The zero-order valence-electron chi connectivity index (χ0n) is 20.1. The van der Waals surface area contributed by atoms with Crippen molar-refractivity contribution in [2.24, 2.45) is 23.5 Å². The van der Waals surface area contributed by atoms with E-state index in [4.69, 9.17) is 17.3 Å². The zero-order valence-corrected chi connectivity index (χ0v) is 20.9. The minimum Gasteiger partial charge on any atom is -0.367 e. The predicted octanol–water partition coefficient (Wildman–Crippen LogP) is 6.19. The largest absolute Gasteiger partial charge is 0.367 e. The highest BCUT2D eigenvalue weighted by Crippen LogP contribution is 2.37. The molecule has 2 aromatic rings. The summed E-state index contributed by atoms with van der Waals surface area (Å²) in [6.07, 6.45) is 12.8. The average molecular weight is 483 g/mol. The number of anilines is 1. The summed E-state index contributed by atoms with van der Waals surface area (Å²) >= 11 is 6.65. The van der Waals surface area contributed by atoms with E-state index in [1.165, 1.54) is 24.5 Å². The van der Waals surface area contributed by atoms with E-state index in [1.54, 1.807) is 18.3 Å². The molecule has 0 radical (unpaired) electrons. The molecule has 3 unspecified atom stereocenters. The van der Waals surface area contributed by atoms with Crippen molar-refractivity contribution in [3.63, 3.8) is 0 Å². The van der Waals surface area contributed by atoms with E-state index in [0.717, 1.165) is 36.3 Å².